The molecule has 92 valence electrons. The maximum Gasteiger partial charge on any atom is 0.183 e. The molecule has 0 N–H and O–H groups in total. The molecule has 0 unspecified atom stereocenters. The molecular weight excluding hydrogens is 208 g/mol. The first-order valence-corrected chi connectivity index (χ1v) is 9.26. The van der Waals surface area contributed by atoms with Gasteiger partial charge in [-0.15, -0.1) is 0 Å². The van der Waals surface area contributed by atoms with Crippen molar-refractivity contribution in [1.29, 1.82) is 0 Å². The van der Waals surface area contributed by atoms with E-state index in [0.29, 0.717) is 26.4 Å². The molecule has 0 saturated heterocycles. The van der Waals surface area contributed by atoms with Crippen LogP contribution in [0.3, 0.4) is 0 Å². The van der Waals surface area contributed by atoms with E-state index in [1.807, 2.05) is 0 Å². The maximum atomic E-state index is 5.65. The van der Waals surface area contributed by atoms with Gasteiger partial charge in [0.1, 0.15) is 0 Å². The lowest BCUT2D eigenvalue weighted by atomic mass is 10.4. The van der Waals surface area contributed by atoms with E-state index in [9.17, 15) is 0 Å². The van der Waals surface area contributed by atoms with Crippen molar-refractivity contribution in [2.45, 2.75) is 39.4 Å². The highest BCUT2D eigenvalue weighted by Crippen LogP contribution is 2.01. The predicted octanol–water partition coefficient (Wildman–Crippen LogP) is 2.67. The summed E-state index contributed by atoms with van der Waals surface area (Å²) >= 11 is 0. The summed E-state index contributed by atoms with van der Waals surface area (Å²) < 4.78 is 16.4. The molecule has 0 aromatic carbocycles. The Bertz CT molecular complexity index is 134. The summed E-state index contributed by atoms with van der Waals surface area (Å²) in [5.74, 6) is 0. The molecule has 0 radical (unpaired) electrons. The highest BCUT2D eigenvalue weighted by molar-refractivity contribution is 6.69. The van der Waals surface area contributed by atoms with Gasteiger partial charge in [-0.05, 0) is 26.1 Å². The summed E-state index contributed by atoms with van der Waals surface area (Å²) in [7, 11) is -1.35. The first-order chi connectivity index (χ1) is 7.06. The molecule has 0 fully saturated rings. The molecule has 0 amide bonds. The second-order valence-corrected chi connectivity index (χ2v) is 9.05. The highest BCUT2D eigenvalue weighted by Gasteiger charge is 2.12. The summed E-state index contributed by atoms with van der Waals surface area (Å²) in [6, 6.07) is 0. The molecule has 0 aliphatic rings. The third-order valence-corrected chi connectivity index (χ3v) is 2.85. The van der Waals surface area contributed by atoms with Crippen LogP contribution in [0.5, 0.6) is 0 Å². The van der Waals surface area contributed by atoms with E-state index >= 15 is 0 Å². The number of unbranched alkanes of at least 4 members (excludes halogenated alkanes) is 1. The molecular formula is C11H26O3Si. The number of hydrogen-bond donors (Lipinski definition) is 0. The second kappa shape index (κ2) is 9.33. The lowest BCUT2D eigenvalue weighted by Crippen LogP contribution is -2.27. The first kappa shape index (κ1) is 15.1. The fourth-order valence-electron chi connectivity index (χ4n) is 0.975. The zero-order chi connectivity index (χ0) is 11.6. The van der Waals surface area contributed by atoms with E-state index in [0.717, 1.165) is 13.0 Å². The van der Waals surface area contributed by atoms with Gasteiger partial charge in [0.2, 0.25) is 0 Å². The van der Waals surface area contributed by atoms with Crippen molar-refractivity contribution in [3.05, 3.63) is 0 Å². The summed E-state index contributed by atoms with van der Waals surface area (Å²) in [6.45, 7) is 12.3. The van der Waals surface area contributed by atoms with Crippen molar-refractivity contribution >= 4 is 8.32 Å². The van der Waals surface area contributed by atoms with Crippen LogP contribution in [0.15, 0.2) is 0 Å². The standard InChI is InChI=1S/C11H26O3Si/c1-5-6-7-12-8-9-13-10-11-14-15(2,3)4/h5-11H2,1-4H3. The van der Waals surface area contributed by atoms with Gasteiger partial charge >= 0.3 is 0 Å². The van der Waals surface area contributed by atoms with Crippen molar-refractivity contribution in [2.24, 2.45) is 0 Å². The van der Waals surface area contributed by atoms with E-state index in [1.54, 1.807) is 0 Å². The largest absolute Gasteiger partial charge is 0.415 e. The Morgan fingerprint density at radius 2 is 1.33 bits per heavy atom. The molecule has 0 spiro atoms. The number of rotatable bonds is 10. The molecule has 0 saturated carbocycles. The third-order valence-electron chi connectivity index (χ3n) is 1.78. The lowest BCUT2D eigenvalue weighted by molar-refractivity contribution is 0.0347. The Kier molecular flexibility index (Phi) is 9.39. The van der Waals surface area contributed by atoms with E-state index < -0.39 is 8.32 Å². The minimum atomic E-state index is -1.35. The minimum Gasteiger partial charge on any atom is -0.415 e. The van der Waals surface area contributed by atoms with Gasteiger partial charge in [0.25, 0.3) is 0 Å². The topological polar surface area (TPSA) is 27.7 Å². The van der Waals surface area contributed by atoms with Gasteiger partial charge in [-0.2, -0.15) is 0 Å². The van der Waals surface area contributed by atoms with E-state index in [2.05, 4.69) is 26.6 Å². The summed E-state index contributed by atoms with van der Waals surface area (Å²) in [5.41, 5.74) is 0. The Hall–Kier alpha value is 0.0969. The Morgan fingerprint density at radius 3 is 1.87 bits per heavy atom. The Labute approximate surface area is 95.2 Å². The van der Waals surface area contributed by atoms with Crippen molar-refractivity contribution in [1.82, 2.24) is 0 Å². The maximum absolute atomic E-state index is 5.65. The second-order valence-electron chi connectivity index (χ2n) is 4.54. The summed E-state index contributed by atoms with van der Waals surface area (Å²) in [5, 5.41) is 0. The van der Waals surface area contributed by atoms with Gasteiger partial charge in [0.05, 0.1) is 26.4 Å². The molecule has 0 aromatic heterocycles. The number of hydrogen-bond acceptors (Lipinski definition) is 3. The van der Waals surface area contributed by atoms with Crippen LogP contribution in [0.1, 0.15) is 19.8 Å². The third kappa shape index (κ3) is 14.1. The summed E-state index contributed by atoms with van der Waals surface area (Å²) in [4.78, 5) is 0. The van der Waals surface area contributed by atoms with Crippen LogP contribution in [0.4, 0.5) is 0 Å². The van der Waals surface area contributed by atoms with Gasteiger partial charge in [-0.3, -0.25) is 0 Å². The Morgan fingerprint density at radius 1 is 0.800 bits per heavy atom. The molecule has 0 heterocycles. The van der Waals surface area contributed by atoms with Crippen LogP contribution < -0.4 is 0 Å². The highest BCUT2D eigenvalue weighted by atomic mass is 28.4. The van der Waals surface area contributed by atoms with Crippen molar-refractivity contribution in [2.75, 3.05) is 33.0 Å². The van der Waals surface area contributed by atoms with Crippen LogP contribution in [-0.2, 0) is 13.9 Å². The molecule has 0 aliphatic carbocycles. The van der Waals surface area contributed by atoms with E-state index in [4.69, 9.17) is 13.9 Å². The van der Waals surface area contributed by atoms with Gasteiger partial charge in [-0.1, -0.05) is 13.3 Å². The monoisotopic (exact) mass is 234 g/mol. The molecule has 3 nitrogen and oxygen atoms in total. The van der Waals surface area contributed by atoms with Crippen molar-refractivity contribution in [3.63, 3.8) is 0 Å². The molecule has 0 rings (SSSR count). The van der Waals surface area contributed by atoms with Crippen LogP contribution in [0.2, 0.25) is 19.6 Å². The molecule has 15 heavy (non-hydrogen) atoms. The molecule has 4 heteroatoms. The fourth-order valence-corrected chi connectivity index (χ4v) is 1.67. The number of ether oxygens (including phenoxy) is 2. The predicted molar refractivity (Wildman–Crippen MR) is 65.8 cm³/mol. The molecule has 0 aromatic rings. The van der Waals surface area contributed by atoms with Crippen molar-refractivity contribution in [3.8, 4) is 0 Å². The van der Waals surface area contributed by atoms with Crippen LogP contribution in [-0.4, -0.2) is 41.4 Å². The van der Waals surface area contributed by atoms with Crippen molar-refractivity contribution < 1.29 is 13.9 Å². The zero-order valence-corrected chi connectivity index (χ0v) is 11.7. The van der Waals surface area contributed by atoms with Crippen LogP contribution in [0.25, 0.3) is 0 Å². The van der Waals surface area contributed by atoms with Gasteiger partial charge in [-0.25, -0.2) is 0 Å². The Balaban J connectivity index is 2.99. The fraction of sp³-hybridized carbons (Fsp3) is 1.00. The first-order valence-electron chi connectivity index (χ1n) is 5.85. The molecule has 0 bridgehead atoms. The quantitative estimate of drug-likeness (QED) is 0.430. The SMILES string of the molecule is CCCCOCCOCCO[Si](C)(C)C. The average molecular weight is 234 g/mol. The van der Waals surface area contributed by atoms with E-state index in [1.165, 1.54) is 6.42 Å². The van der Waals surface area contributed by atoms with Crippen LogP contribution >= 0.6 is 0 Å². The van der Waals surface area contributed by atoms with Gasteiger partial charge < -0.3 is 13.9 Å². The van der Waals surface area contributed by atoms with E-state index in [-0.39, 0.29) is 0 Å². The lowest BCUT2D eigenvalue weighted by Gasteiger charge is -2.16. The average Bonchev–Trinajstić information content (AvgIpc) is 2.14. The minimum absolute atomic E-state index is 0.679. The van der Waals surface area contributed by atoms with Gasteiger partial charge in [0.15, 0.2) is 8.32 Å². The normalized spacial score (nSPS) is 12.0. The van der Waals surface area contributed by atoms with Gasteiger partial charge in [0, 0.05) is 6.61 Å². The zero-order valence-electron chi connectivity index (χ0n) is 10.7. The smallest absolute Gasteiger partial charge is 0.183 e. The summed E-state index contributed by atoms with van der Waals surface area (Å²) in [6.07, 6.45) is 2.32. The van der Waals surface area contributed by atoms with Crippen LogP contribution in [0, 0.1) is 0 Å². The molecule has 0 aliphatic heterocycles. The molecule has 0 atom stereocenters.